The quantitative estimate of drug-likeness (QED) is 0.473. The normalized spacial score (nSPS) is 11.5. The number of aromatic amines is 1. The van der Waals surface area contributed by atoms with Crippen molar-refractivity contribution in [2.45, 2.75) is 11.4 Å². The van der Waals surface area contributed by atoms with Gasteiger partial charge in [0.05, 0.1) is 30.1 Å². The number of H-pyrrole nitrogens is 1. The fourth-order valence-electron chi connectivity index (χ4n) is 3.12. The molecule has 0 aliphatic rings. The molecule has 8 heteroatoms. The van der Waals surface area contributed by atoms with Crippen LogP contribution in [0.15, 0.2) is 71.6 Å². The number of sulfonamides is 1. The van der Waals surface area contributed by atoms with Crippen LogP contribution in [0.4, 0.5) is 0 Å². The van der Waals surface area contributed by atoms with Crippen LogP contribution >= 0.6 is 0 Å². The van der Waals surface area contributed by atoms with Gasteiger partial charge in [-0.2, -0.15) is 0 Å². The van der Waals surface area contributed by atoms with Gasteiger partial charge < -0.3 is 14.5 Å². The van der Waals surface area contributed by atoms with E-state index < -0.39 is 10.0 Å². The van der Waals surface area contributed by atoms with Crippen molar-refractivity contribution in [2.24, 2.45) is 0 Å². The van der Waals surface area contributed by atoms with Crippen LogP contribution in [0.2, 0.25) is 0 Å². The summed E-state index contributed by atoms with van der Waals surface area (Å²) in [6, 6.07) is 19.8. The van der Waals surface area contributed by atoms with Crippen molar-refractivity contribution in [2.75, 3.05) is 14.2 Å². The number of imidazole rings is 1. The van der Waals surface area contributed by atoms with Crippen molar-refractivity contribution in [3.05, 3.63) is 72.3 Å². The predicted molar refractivity (Wildman–Crippen MR) is 115 cm³/mol. The molecule has 7 nitrogen and oxygen atoms in total. The first kappa shape index (κ1) is 19.9. The Morgan fingerprint density at radius 3 is 2.30 bits per heavy atom. The molecule has 0 amide bonds. The van der Waals surface area contributed by atoms with Gasteiger partial charge in [-0.05, 0) is 35.9 Å². The SMILES string of the molecule is COc1cc(CNS(=O)(=O)c2ccc3nc(-c4ccccc4)[nH]c3c2)cc(OC)c1. The van der Waals surface area contributed by atoms with E-state index in [0.29, 0.717) is 28.4 Å². The average Bonchev–Trinajstić information content (AvgIpc) is 3.21. The van der Waals surface area contributed by atoms with Gasteiger partial charge >= 0.3 is 0 Å². The van der Waals surface area contributed by atoms with Crippen molar-refractivity contribution in [1.82, 2.24) is 14.7 Å². The second-order valence-corrected chi connectivity index (χ2v) is 8.44. The first-order valence-corrected chi connectivity index (χ1v) is 10.7. The summed E-state index contributed by atoms with van der Waals surface area (Å²) in [5, 5.41) is 0. The van der Waals surface area contributed by atoms with Crippen LogP contribution in [0.1, 0.15) is 5.56 Å². The predicted octanol–water partition coefficient (Wildman–Crippen LogP) is 3.73. The van der Waals surface area contributed by atoms with E-state index in [4.69, 9.17) is 9.47 Å². The van der Waals surface area contributed by atoms with Gasteiger partial charge in [0.15, 0.2) is 0 Å². The molecule has 0 atom stereocenters. The van der Waals surface area contributed by atoms with E-state index in [1.54, 1.807) is 50.6 Å². The van der Waals surface area contributed by atoms with Crippen LogP contribution in [0.25, 0.3) is 22.4 Å². The molecule has 0 bridgehead atoms. The minimum Gasteiger partial charge on any atom is -0.497 e. The molecule has 154 valence electrons. The smallest absolute Gasteiger partial charge is 0.240 e. The summed E-state index contributed by atoms with van der Waals surface area (Å²) in [5.41, 5.74) is 3.01. The maximum absolute atomic E-state index is 12.8. The van der Waals surface area contributed by atoms with E-state index >= 15 is 0 Å². The average molecular weight is 423 g/mol. The molecule has 3 aromatic carbocycles. The minimum absolute atomic E-state index is 0.103. The summed E-state index contributed by atoms with van der Waals surface area (Å²) in [5.74, 6) is 1.88. The monoisotopic (exact) mass is 423 g/mol. The second kappa shape index (κ2) is 8.17. The molecule has 0 aliphatic heterocycles. The Kier molecular flexibility index (Phi) is 5.43. The van der Waals surface area contributed by atoms with Crippen molar-refractivity contribution in [3.63, 3.8) is 0 Å². The van der Waals surface area contributed by atoms with E-state index in [9.17, 15) is 8.42 Å². The Labute approximate surface area is 174 Å². The molecule has 4 aromatic rings. The van der Waals surface area contributed by atoms with Crippen molar-refractivity contribution in [3.8, 4) is 22.9 Å². The van der Waals surface area contributed by atoms with Gasteiger partial charge in [0.1, 0.15) is 17.3 Å². The highest BCUT2D eigenvalue weighted by molar-refractivity contribution is 7.89. The zero-order valence-electron chi connectivity index (χ0n) is 16.5. The molecule has 0 unspecified atom stereocenters. The molecular weight excluding hydrogens is 402 g/mol. The van der Waals surface area contributed by atoms with Gasteiger partial charge in [-0.15, -0.1) is 0 Å². The van der Waals surface area contributed by atoms with Crippen molar-refractivity contribution < 1.29 is 17.9 Å². The fourth-order valence-corrected chi connectivity index (χ4v) is 4.16. The van der Waals surface area contributed by atoms with Gasteiger partial charge in [-0.25, -0.2) is 18.1 Å². The Morgan fingerprint density at radius 2 is 1.63 bits per heavy atom. The molecule has 0 saturated carbocycles. The molecular formula is C22H21N3O4S. The molecule has 0 saturated heterocycles. The molecule has 4 rings (SSSR count). The lowest BCUT2D eigenvalue weighted by Gasteiger charge is -2.10. The fraction of sp³-hybridized carbons (Fsp3) is 0.136. The number of rotatable bonds is 7. The van der Waals surface area contributed by atoms with Gasteiger partial charge in [-0.1, -0.05) is 30.3 Å². The zero-order valence-corrected chi connectivity index (χ0v) is 17.4. The molecule has 0 aliphatic carbocycles. The van der Waals surface area contributed by atoms with Crippen LogP contribution < -0.4 is 14.2 Å². The number of ether oxygens (including phenoxy) is 2. The van der Waals surface area contributed by atoms with Crippen molar-refractivity contribution >= 4 is 21.1 Å². The largest absolute Gasteiger partial charge is 0.497 e. The topological polar surface area (TPSA) is 93.3 Å². The van der Waals surface area contributed by atoms with Gasteiger partial charge in [0, 0.05) is 18.2 Å². The van der Waals surface area contributed by atoms with E-state index in [2.05, 4.69) is 14.7 Å². The molecule has 2 N–H and O–H groups in total. The summed E-state index contributed by atoms with van der Waals surface area (Å²) in [7, 11) is -0.629. The summed E-state index contributed by atoms with van der Waals surface area (Å²) in [6.45, 7) is 0.103. The van der Waals surface area contributed by atoms with Crippen molar-refractivity contribution in [1.29, 1.82) is 0 Å². The number of hydrogen-bond acceptors (Lipinski definition) is 5. The third kappa shape index (κ3) is 4.14. The molecule has 1 heterocycles. The Hall–Kier alpha value is -3.36. The lowest BCUT2D eigenvalue weighted by molar-refractivity contribution is 0.393. The van der Waals surface area contributed by atoms with E-state index in [-0.39, 0.29) is 11.4 Å². The summed E-state index contributed by atoms with van der Waals surface area (Å²) in [4.78, 5) is 7.89. The Balaban J connectivity index is 1.58. The van der Waals surface area contributed by atoms with Crippen LogP contribution in [0.5, 0.6) is 11.5 Å². The van der Waals surface area contributed by atoms with Gasteiger partial charge in [0.2, 0.25) is 10.0 Å². The number of aromatic nitrogens is 2. The summed E-state index contributed by atoms with van der Waals surface area (Å²) >= 11 is 0. The first-order valence-electron chi connectivity index (χ1n) is 9.25. The number of nitrogens with one attached hydrogen (secondary N) is 2. The maximum atomic E-state index is 12.8. The summed E-state index contributed by atoms with van der Waals surface area (Å²) < 4.78 is 38.7. The van der Waals surface area contributed by atoms with Crippen LogP contribution in [-0.4, -0.2) is 32.6 Å². The molecule has 1 aromatic heterocycles. The summed E-state index contributed by atoms with van der Waals surface area (Å²) in [6.07, 6.45) is 0. The lowest BCUT2D eigenvalue weighted by atomic mass is 10.2. The second-order valence-electron chi connectivity index (χ2n) is 6.68. The number of hydrogen-bond donors (Lipinski definition) is 2. The van der Waals surface area contributed by atoms with Gasteiger partial charge in [-0.3, -0.25) is 0 Å². The standard InChI is InChI=1S/C22H21N3O4S/c1-28-17-10-15(11-18(12-17)29-2)14-23-30(26,27)19-8-9-20-21(13-19)25-22(24-20)16-6-4-3-5-7-16/h3-13,23H,14H2,1-2H3,(H,24,25). The van der Waals surface area contributed by atoms with Crippen LogP contribution in [0, 0.1) is 0 Å². The number of methoxy groups -OCH3 is 2. The highest BCUT2D eigenvalue weighted by Gasteiger charge is 2.16. The lowest BCUT2D eigenvalue weighted by Crippen LogP contribution is -2.23. The highest BCUT2D eigenvalue weighted by atomic mass is 32.2. The maximum Gasteiger partial charge on any atom is 0.240 e. The molecule has 0 fully saturated rings. The van der Waals surface area contributed by atoms with Crippen LogP contribution in [0.3, 0.4) is 0 Å². The number of benzene rings is 3. The van der Waals surface area contributed by atoms with E-state index in [1.807, 2.05) is 30.3 Å². The molecule has 30 heavy (non-hydrogen) atoms. The Morgan fingerprint density at radius 1 is 0.933 bits per heavy atom. The third-order valence-electron chi connectivity index (χ3n) is 4.69. The molecule has 0 spiro atoms. The van der Waals surface area contributed by atoms with Crippen LogP contribution in [-0.2, 0) is 16.6 Å². The number of fused-ring (bicyclic) bond motifs is 1. The first-order chi connectivity index (χ1) is 14.5. The van der Waals surface area contributed by atoms with E-state index in [1.165, 1.54) is 0 Å². The van der Waals surface area contributed by atoms with Gasteiger partial charge in [0.25, 0.3) is 0 Å². The minimum atomic E-state index is -3.72. The molecule has 0 radical (unpaired) electrons. The number of nitrogens with zero attached hydrogens (tertiary/aromatic N) is 1. The third-order valence-corrected chi connectivity index (χ3v) is 6.09. The zero-order chi connectivity index (χ0) is 21.1. The van der Waals surface area contributed by atoms with E-state index in [0.717, 1.165) is 11.1 Å². The highest BCUT2D eigenvalue weighted by Crippen LogP contribution is 2.24. The Bertz CT molecular complexity index is 1260.